The van der Waals surface area contributed by atoms with Gasteiger partial charge in [-0.3, -0.25) is 14.3 Å². The minimum absolute atomic E-state index is 0.0506. The minimum atomic E-state index is -1.17. The van der Waals surface area contributed by atoms with Crippen LogP contribution in [-0.4, -0.2) is 32.7 Å². The van der Waals surface area contributed by atoms with E-state index in [0.29, 0.717) is 12.0 Å². The number of aromatic amines is 1. The molecule has 1 atom stereocenters. The Labute approximate surface area is 126 Å². The molecule has 3 N–H and O–H groups in total. The molecule has 0 radical (unpaired) electrons. The Morgan fingerprint density at radius 2 is 1.95 bits per heavy atom. The quantitative estimate of drug-likeness (QED) is 0.615. The molecule has 1 aromatic carbocycles. The molecule has 2 aromatic rings. The zero-order chi connectivity index (χ0) is 15.9. The van der Waals surface area contributed by atoms with Crippen LogP contribution in [0.4, 0.5) is 0 Å². The summed E-state index contributed by atoms with van der Waals surface area (Å²) < 4.78 is 6.20. The molecule has 1 aromatic heterocycles. The zero-order valence-corrected chi connectivity index (χ0v) is 11.9. The van der Waals surface area contributed by atoms with Gasteiger partial charge in [0.05, 0.1) is 0 Å². The molecule has 0 amide bonds. The largest absolute Gasteiger partial charge is 0.396 e. The summed E-state index contributed by atoms with van der Waals surface area (Å²) in [5.74, 6) is 0. The predicted molar refractivity (Wildman–Crippen MR) is 79.4 cm³/mol. The second-order valence-electron chi connectivity index (χ2n) is 4.81. The lowest BCUT2D eigenvalue weighted by Gasteiger charge is -2.12. The first kappa shape index (κ1) is 16.2. The molecule has 1 unspecified atom stereocenters. The Morgan fingerprint density at radius 1 is 1.23 bits per heavy atom. The first-order valence-corrected chi connectivity index (χ1v) is 6.87. The predicted octanol–water partition coefficient (Wildman–Crippen LogP) is -0.198. The highest BCUT2D eigenvalue weighted by Gasteiger charge is 2.08. The van der Waals surface area contributed by atoms with Gasteiger partial charge in [0, 0.05) is 31.2 Å². The van der Waals surface area contributed by atoms with Crippen LogP contribution in [0.1, 0.15) is 17.5 Å². The number of aromatic nitrogens is 2. The third kappa shape index (κ3) is 4.39. The van der Waals surface area contributed by atoms with Gasteiger partial charge >= 0.3 is 5.69 Å². The number of rotatable bonds is 7. The van der Waals surface area contributed by atoms with Gasteiger partial charge in [0.2, 0.25) is 0 Å². The lowest BCUT2D eigenvalue weighted by atomic mass is 10.1. The highest BCUT2D eigenvalue weighted by molar-refractivity contribution is 5.22. The number of hydrogen-bond acceptors (Lipinski definition) is 5. The molecule has 118 valence electrons. The van der Waals surface area contributed by atoms with Crippen molar-refractivity contribution >= 4 is 0 Å². The smallest absolute Gasteiger partial charge is 0.330 e. The van der Waals surface area contributed by atoms with Crippen molar-refractivity contribution in [1.29, 1.82) is 0 Å². The molecule has 7 nitrogen and oxygen atoms in total. The van der Waals surface area contributed by atoms with Crippen LogP contribution < -0.4 is 11.2 Å². The Balaban J connectivity index is 2.16. The third-order valence-corrected chi connectivity index (χ3v) is 3.10. The molecular weight excluding hydrogens is 288 g/mol. The average molecular weight is 306 g/mol. The fraction of sp³-hybridized carbons (Fsp3) is 0.333. The number of nitrogens with one attached hydrogen (secondary N) is 1. The van der Waals surface area contributed by atoms with Gasteiger partial charge in [-0.25, -0.2) is 4.79 Å². The number of benzene rings is 1. The molecule has 0 aliphatic carbocycles. The standard InChI is InChI=1S/C15H18N2O5/c18-7-6-13(19)22-10-17-9-12(14(20)16-15(17)21)8-11-4-2-1-3-5-11/h1-5,9,13,18-19H,6-8,10H2,(H,16,20,21). The average Bonchev–Trinajstić information content (AvgIpc) is 2.50. The normalized spacial score (nSPS) is 12.3. The number of aliphatic hydroxyl groups is 2. The van der Waals surface area contributed by atoms with E-state index in [2.05, 4.69) is 4.98 Å². The van der Waals surface area contributed by atoms with Crippen LogP contribution in [0.5, 0.6) is 0 Å². The Bertz CT molecular complexity index is 708. The van der Waals surface area contributed by atoms with E-state index in [0.717, 1.165) is 5.56 Å². The van der Waals surface area contributed by atoms with Gasteiger partial charge in [-0.15, -0.1) is 0 Å². The van der Waals surface area contributed by atoms with Crippen molar-refractivity contribution < 1.29 is 14.9 Å². The number of nitrogens with zero attached hydrogens (tertiary/aromatic N) is 1. The van der Waals surface area contributed by atoms with Crippen LogP contribution >= 0.6 is 0 Å². The van der Waals surface area contributed by atoms with Gasteiger partial charge in [0.15, 0.2) is 6.29 Å². The van der Waals surface area contributed by atoms with E-state index in [1.807, 2.05) is 30.3 Å². The van der Waals surface area contributed by atoms with Crippen LogP contribution in [0.15, 0.2) is 46.1 Å². The van der Waals surface area contributed by atoms with Crippen molar-refractivity contribution in [3.63, 3.8) is 0 Å². The molecule has 0 aliphatic rings. The third-order valence-electron chi connectivity index (χ3n) is 3.10. The van der Waals surface area contributed by atoms with Crippen molar-refractivity contribution in [2.24, 2.45) is 0 Å². The lowest BCUT2D eigenvalue weighted by molar-refractivity contribution is -0.134. The fourth-order valence-electron chi connectivity index (χ4n) is 1.95. The maximum atomic E-state index is 11.8. The van der Waals surface area contributed by atoms with Gasteiger partial charge in [-0.05, 0) is 5.56 Å². The van der Waals surface area contributed by atoms with Crippen LogP contribution in [0.25, 0.3) is 0 Å². The molecule has 7 heteroatoms. The van der Waals surface area contributed by atoms with E-state index in [1.54, 1.807) is 0 Å². The number of H-pyrrole nitrogens is 1. The minimum Gasteiger partial charge on any atom is -0.396 e. The van der Waals surface area contributed by atoms with Crippen molar-refractivity contribution in [3.05, 3.63) is 68.5 Å². The molecule has 0 fully saturated rings. The van der Waals surface area contributed by atoms with Gasteiger partial charge < -0.3 is 14.9 Å². The molecular formula is C15H18N2O5. The van der Waals surface area contributed by atoms with E-state index >= 15 is 0 Å². The number of hydrogen-bond donors (Lipinski definition) is 3. The second kappa shape index (κ2) is 7.69. The van der Waals surface area contributed by atoms with Crippen molar-refractivity contribution in [1.82, 2.24) is 9.55 Å². The summed E-state index contributed by atoms with van der Waals surface area (Å²) in [5.41, 5.74) is 0.310. The van der Waals surface area contributed by atoms with Crippen LogP contribution in [0.2, 0.25) is 0 Å². The van der Waals surface area contributed by atoms with Crippen LogP contribution in [-0.2, 0) is 17.9 Å². The van der Waals surface area contributed by atoms with E-state index in [1.165, 1.54) is 10.8 Å². The Morgan fingerprint density at radius 3 is 2.64 bits per heavy atom. The first-order chi connectivity index (χ1) is 10.6. The van der Waals surface area contributed by atoms with E-state index in [-0.39, 0.29) is 19.8 Å². The summed E-state index contributed by atoms with van der Waals surface area (Å²) in [6.45, 7) is -0.431. The van der Waals surface area contributed by atoms with E-state index in [9.17, 15) is 14.7 Å². The Kier molecular flexibility index (Phi) is 5.65. The number of ether oxygens (including phenoxy) is 1. The maximum absolute atomic E-state index is 11.8. The van der Waals surface area contributed by atoms with Gasteiger partial charge in [-0.2, -0.15) is 0 Å². The molecule has 0 spiro atoms. The molecule has 0 aliphatic heterocycles. The summed E-state index contributed by atoms with van der Waals surface area (Å²) in [7, 11) is 0. The van der Waals surface area contributed by atoms with Gasteiger partial charge in [0.1, 0.15) is 6.73 Å². The van der Waals surface area contributed by atoms with Crippen molar-refractivity contribution in [3.8, 4) is 0 Å². The topological polar surface area (TPSA) is 105 Å². The molecule has 0 bridgehead atoms. The van der Waals surface area contributed by atoms with Gasteiger partial charge in [-0.1, -0.05) is 30.3 Å². The highest BCUT2D eigenvalue weighted by Crippen LogP contribution is 2.04. The van der Waals surface area contributed by atoms with Crippen LogP contribution in [0, 0.1) is 0 Å². The molecule has 22 heavy (non-hydrogen) atoms. The maximum Gasteiger partial charge on any atom is 0.330 e. The SMILES string of the molecule is O=c1[nH]c(=O)n(COC(O)CCO)cc1Cc1ccccc1. The number of aliphatic hydroxyl groups excluding tert-OH is 2. The summed E-state index contributed by atoms with van der Waals surface area (Å²) >= 11 is 0. The van der Waals surface area contributed by atoms with Crippen LogP contribution in [0.3, 0.4) is 0 Å². The molecule has 2 rings (SSSR count). The lowest BCUT2D eigenvalue weighted by Crippen LogP contribution is -2.33. The van der Waals surface area contributed by atoms with Crippen molar-refractivity contribution in [2.75, 3.05) is 6.61 Å². The summed E-state index contributed by atoms with van der Waals surface area (Å²) in [4.78, 5) is 25.8. The summed E-state index contributed by atoms with van der Waals surface area (Å²) in [6.07, 6.45) is 0.686. The molecule has 1 heterocycles. The van der Waals surface area contributed by atoms with E-state index < -0.39 is 17.5 Å². The highest BCUT2D eigenvalue weighted by atomic mass is 16.6. The Hall–Kier alpha value is -2.22. The second-order valence-corrected chi connectivity index (χ2v) is 4.81. The molecule has 0 saturated carbocycles. The molecule has 0 saturated heterocycles. The first-order valence-electron chi connectivity index (χ1n) is 6.87. The monoisotopic (exact) mass is 306 g/mol. The van der Waals surface area contributed by atoms with Gasteiger partial charge in [0.25, 0.3) is 5.56 Å². The van der Waals surface area contributed by atoms with E-state index in [4.69, 9.17) is 9.84 Å². The summed E-state index contributed by atoms with van der Waals surface area (Å²) in [6, 6.07) is 9.39. The summed E-state index contributed by atoms with van der Waals surface area (Å²) in [5, 5.41) is 18.1. The zero-order valence-electron chi connectivity index (χ0n) is 11.9. The fourth-order valence-corrected chi connectivity index (χ4v) is 1.95. The van der Waals surface area contributed by atoms with Crippen molar-refractivity contribution in [2.45, 2.75) is 25.9 Å².